The molecule has 0 aliphatic rings. The summed E-state index contributed by atoms with van der Waals surface area (Å²) in [6.07, 6.45) is 0. The van der Waals surface area contributed by atoms with Crippen LogP contribution in [-0.4, -0.2) is 32.7 Å². The predicted octanol–water partition coefficient (Wildman–Crippen LogP) is 3.15. The third kappa shape index (κ3) is 4.63. The van der Waals surface area contributed by atoms with E-state index in [0.29, 0.717) is 27.8 Å². The van der Waals surface area contributed by atoms with Crippen LogP contribution in [0.3, 0.4) is 0 Å². The lowest BCUT2D eigenvalue weighted by atomic mass is 10.2. The number of carbonyl (C=O) groups excluding carboxylic acids is 2. The van der Waals surface area contributed by atoms with E-state index in [1.165, 1.54) is 14.2 Å². The van der Waals surface area contributed by atoms with Crippen molar-refractivity contribution in [3.8, 4) is 11.5 Å². The average Bonchev–Trinajstić information content (AvgIpc) is 2.60. The summed E-state index contributed by atoms with van der Waals surface area (Å²) in [5.41, 5.74) is 0.859. The van der Waals surface area contributed by atoms with Crippen molar-refractivity contribution in [1.82, 2.24) is 0 Å². The molecule has 126 valence electrons. The zero-order chi connectivity index (χ0) is 17.5. The molecule has 0 unspecified atom stereocenters. The number of carbonyl (C=O) groups is 2. The first-order valence-corrected chi connectivity index (χ1v) is 7.36. The van der Waals surface area contributed by atoms with Crippen molar-refractivity contribution < 1.29 is 23.8 Å². The second-order valence-corrected chi connectivity index (χ2v) is 5.13. The average molecular weight is 350 g/mol. The second kappa shape index (κ2) is 8.21. The third-order valence-electron chi connectivity index (χ3n) is 3.08. The molecule has 0 aliphatic heterocycles. The Bertz CT molecular complexity index is 730. The Morgan fingerprint density at radius 1 is 1.08 bits per heavy atom. The molecule has 0 aliphatic carbocycles. The predicted molar refractivity (Wildman–Crippen MR) is 89.9 cm³/mol. The van der Waals surface area contributed by atoms with Crippen LogP contribution in [-0.2, 0) is 9.53 Å². The van der Waals surface area contributed by atoms with Gasteiger partial charge in [0.2, 0.25) is 0 Å². The summed E-state index contributed by atoms with van der Waals surface area (Å²) in [6, 6.07) is 11.2. The molecule has 24 heavy (non-hydrogen) atoms. The van der Waals surface area contributed by atoms with Crippen molar-refractivity contribution >= 4 is 29.2 Å². The molecule has 0 aromatic heterocycles. The van der Waals surface area contributed by atoms with Gasteiger partial charge in [0.25, 0.3) is 5.91 Å². The fourth-order valence-electron chi connectivity index (χ4n) is 1.92. The molecule has 6 nitrogen and oxygen atoms in total. The quantitative estimate of drug-likeness (QED) is 0.811. The molecule has 0 spiro atoms. The van der Waals surface area contributed by atoms with Gasteiger partial charge in [-0.15, -0.1) is 0 Å². The van der Waals surface area contributed by atoms with E-state index >= 15 is 0 Å². The number of halogens is 1. The van der Waals surface area contributed by atoms with Crippen LogP contribution < -0.4 is 14.8 Å². The van der Waals surface area contributed by atoms with E-state index in [4.69, 9.17) is 21.1 Å². The van der Waals surface area contributed by atoms with Crippen LogP contribution in [0.4, 0.5) is 5.69 Å². The fraction of sp³-hybridized carbons (Fsp3) is 0.176. The highest BCUT2D eigenvalue weighted by Crippen LogP contribution is 2.27. The molecule has 0 saturated heterocycles. The number of amides is 1. The molecule has 1 amide bonds. The summed E-state index contributed by atoms with van der Waals surface area (Å²) in [5.74, 6) is 0.144. The number of ether oxygens (including phenoxy) is 3. The molecule has 7 heteroatoms. The highest BCUT2D eigenvalue weighted by atomic mass is 35.5. The Labute approximate surface area is 144 Å². The van der Waals surface area contributed by atoms with E-state index in [9.17, 15) is 9.59 Å². The molecule has 0 fully saturated rings. The number of anilines is 1. The maximum absolute atomic E-state index is 12.0. The first-order valence-electron chi connectivity index (χ1n) is 6.98. The van der Waals surface area contributed by atoms with Gasteiger partial charge < -0.3 is 19.5 Å². The van der Waals surface area contributed by atoms with Crippen LogP contribution in [0.5, 0.6) is 11.5 Å². The van der Waals surface area contributed by atoms with Crippen LogP contribution in [0.15, 0.2) is 42.5 Å². The van der Waals surface area contributed by atoms with E-state index in [0.717, 1.165) is 0 Å². The molecule has 2 rings (SSSR count). The Balaban J connectivity index is 1.94. The second-order valence-electron chi connectivity index (χ2n) is 4.70. The summed E-state index contributed by atoms with van der Waals surface area (Å²) in [7, 11) is 2.81. The minimum atomic E-state index is -0.438. The van der Waals surface area contributed by atoms with Gasteiger partial charge in [-0.25, -0.2) is 4.79 Å². The summed E-state index contributed by atoms with van der Waals surface area (Å²) < 4.78 is 15.1. The lowest BCUT2D eigenvalue weighted by Gasteiger charge is -2.11. The van der Waals surface area contributed by atoms with E-state index in [2.05, 4.69) is 10.1 Å². The number of hydrogen-bond acceptors (Lipinski definition) is 5. The molecule has 0 saturated carbocycles. The number of nitrogens with one attached hydrogen (secondary N) is 1. The smallest absolute Gasteiger partial charge is 0.337 e. The van der Waals surface area contributed by atoms with Gasteiger partial charge in [0, 0.05) is 5.02 Å². The summed E-state index contributed by atoms with van der Waals surface area (Å²) in [6.45, 7) is -0.201. The number of methoxy groups -OCH3 is 2. The SMILES string of the molecule is COC(=O)c1ccc(OCC(=O)Nc2cc(Cl)ccc2OC)cc1. The Morgan fingerprint density at radius 2 is 1.79 bits per heavy atom. The first kappa shape index (κ1) is 17.6. The molecule has 0 bridgehead atoms. The largest absolute Gasteiger partial charge is 0.495 e. The minimum Gasteiger partial charge on any atom is -0.495 e. The van der Waals surface area contributed by atoms with Gasteiger partial charge in [0.15, 0.2) is 6.61 Å². The monoisotopic (exact) mass is 349 g/mol. The maximum Gasteiger partial charge on any atom is 0.337 e. The van der Waals surface area contributed by atoms with Crippen molar-refractivity contribution in [3.63, 3.8) is 0 Å². The highest BCUT2D eigenvalue weighted by Gasteiger charge is 2.10. The van der Waals surface area contributed by atoms with Crippen LogP contribution in [0, 0.1) is 0 Å². The van der Waals surface area contributed by atoms with Crippen LogP contribution in [0.25, 0.3) is 0 Å². The van der Waals surface area contributed by atoms with Gasteiger partial charge in [-0.1, -0.05) is 11.6 Å². The molecule has 1 N–H and O–H groups in total. The third-order valence-corrected chi connectivity index (χ3v) is 3.32. The van der Waals surface area contributed by atoms with Gasteiger partial charge in [-0.2, -0.15) is 0 Å². The van der Waals surface area contributed by atoms with Gasteiger partial charge in [0.1, 0.15) is 11.5 Å². The molecular weight excluding hydrogens is 334 g/mol. The number of benzene rings is 2. The van der Waals surface area contributed by atoms with Crippen molar-refractivity contribution in [2.45, 2.75) is 0 Å². The fourth-order valence-corrected chi connectivity index (χ4v) is 2.09. The van der Waals surface area contributed by atoms with E-state index < -0.39 is 5.97 Å². The van der Waals surface area contributed by atoms with Crippen LogP contribution in [0.2, 0.25) is 5.02 Å². The summed E-state index contributed by atoms with van der Waals surface area (Å²) in [5, 5.41) is 3.14. The standard InChI is InChI=1S/C17H16ClNO5/c1-22-15-8-5-12(18)9-14(15)19-16(20)10-24-13-6-3-11(4-7-13)17(21)23-2/h3-9H,10H2,1-2H3,(H,19,20). The Kier molecular flexibility index (Phi) is 6.03. The van der Waals surface area contributed by atoms with Crippen molar-refractivity contribution in [2.75, 3.05) is 26.1 Å². The van der Waals surface area contributed by atoms with E-state index in [1.54, 1.807) is 42.5 Å². The van der Waals surface area contributed by atoms with Crippen LogP contribution in [0.1, 0.15) is 10.4 Å². The number of esters is 1. The maximum atomic E-state index is 12.0. The van der Waals surface area contributed by atoms with Gasteiger partial charge >= 0.3 is 5.97 Å². The van der Waals surface area contributed by atoms with E-state index in [1.807, 2.05) is 0 Å². The highest BCUT2D eigenvalue weighted by molar-refractivity contribution is 6.31. The van der Waals surface area contributed by atoms with Crippen molar-refractivity contribution in [3.05, 3.63) is 53.1 Å². The topological polar surface area (TPSA) is 73.9 Å². The molecule has 0 heterocycles. The molecule has 2 aromatic rings. The zero-order valence-corrected chi connectivity index (χ0v) is 13.9. The normalized spacial score (nSPS) is 9.96. The van der Waals surface area contributed by atoms with Crippen LogP contribution >= 0.6 is 11.6 Å². The summed E-state index contributed by atoms with van der Waals surface area (Å²) in [4.78, 5) is 23.3. The summed E-state index contributed by atoms with van der Waals surface area (Å²) >= 11 is 5.91. The lowest BCUT2D eigenvalue weighted by Crippen LogP contribution is -2.20. The molecular formula is C17H16ClNO5. The zero-order valence-electron chi connectivity index (χ0n) is 13.2. The van der Waals surface area contributed by atoms with Crippen molar-refractivity contribution in [1.29, 1.82) is 0 Å². The van der Waals surface area contributed by atoms with Gasteiger partial charge in [-0.3, -0.25) is 4.79 Å². The minimum absolute atomic E-state index is 0.201. The van der Waals surface area contributed by atoms with E-state index in [-0.39, 0.29) is 12.5 Å². The lowest BCUT2D eigenvalue weighted by molar-refractivity contribution is -0.118. The Morgan fingerprint density at radius 3 is 2.42 bits per heavy atom. The van der Waals surface area contributed by atoms with Crippen molar-refractivity contribution in [2.24, 2.45) is 0 Å². The Hall–Kier alpha value is -2.73. The van der Waals surface area contributed by atoms with Gasteiger partial charge in [-0.05, 0) is 42.5 Å². The number of rotatable bonds is 6. The first-order chi connectivity index (χ1) is 11.5. The molecule has 0 atom stereocenters. The van der Waals surface area contributed by atoms with Gasteiger partial charge in [0.05, 0.1) is 25.5 Å². The molecule has 0 radical (unpaired) electrons. The molecule has 2 aromatic carbocycles. The number of hydrogen-bond donors (Lipinski definition) is 1.